The van der Waals surface area contributed by atoms with Crippen molar-refractivity contribution >= 4 is 39.6 Å². The molecule has 0 atom stereocenters. The molecule has 7 heteroatoms. The van der Waals surface area contributed by atoms with Gasteiger partial charge in [-0.05, 0) is 50.5 Å². The van der Waals surface area contributed by atoms with Gasteiger partial charge in [0.05, 0.1) is 7.11 Å². The van der Waals surface area contributed by atoms with E-state index in [-0.39, 0.29) is 5.97 Å². The summed E-state index contributed by atoms with van der Waals surface area (Å²) in [6, 6.07) is 10.3. The maximum Gasteiger partial charge on any atom is 0.341 e. The van der Waals surface area contributed by atoms with Gasteiger partial charge < -0.3 is 20.3 Å². The van der Waals surface area contributed by atoms with Gasteiger partial charge in [-0.3, -0.25) is 0 Å². The molecule has 0 spiro atoms. The molecule has 1 aromatic carbocycles. The Bertz CT molecular complexity index is 843. The Labute approximate surface area is 182 Å². The summed E-state index contributed by atoms with van der Waals surface area (Å²) in [5.74, 6) is -0.355. The van der Waals surface area contributed by atoms with Crippen LogP contribution in [0.2, 0.25) is 0 Å². The molecule has 0 saturated carbocycles. The number of nitrogens with one attached hydrogen (secondary N) is 2. The molecule has 29 heavy (non-hydrogen) atoms. The summed E-state index contributed by atoms with van der Waals surface area (Å²) in [5.41, 5.74) is 2.45. The fraction of sp³-hybridized carbons (Fsp3) is 0.455. The molecule has 1 aliphatic heterocycles. The van der Waals surface area contributed by atoms with Crippen LogP contribution in [0.4, 0.5) is 5.00 Å². The lowest BCUT2D eigenvalue weighted by molar-refractivity contribution is 0.0603. The van der Waals surface area contributed by atoms with Crippen molar-refractivity contribution in [3.8, 4) is 11.1 Å². The van der Waals surface area contributed by atoms with E-state index in [2.05, 4.69) is 22.5 Å². The van der Waals surface area contributed by atoms with Gasteiger partial charge in [-0.1, -0.05) is 37.3 Å². The molecule has 0 radical (unpaired) electrons. The number of thiocarbonyl (C=S) groups is 1. The lowest BCUT2D eigenvalue weighted by atomic mass is 10.0. The van der Waals surface area contributed by atoms with Gasteiger partial charge in [0.25, 0.3) is 0 Å². The summed E-state index contributed by atoms with van der Waals surface area (Å²) in [7, 11) is 1.41. The molecule has 0 bridgehead atoms. The Kier molecular flexibility index (Phi) is 7.64. The third-order valence-corrected chi connectivity index (χ3v) is 6.47. The van der Waals surface area contributed by atoms with Crippen LogP contribution in [0.25, 0.3) is 11.1 Å². The molecule has 3 rings (SSSR count). The molecular formula is C22H29N3O2S2. The van der Waals surface area contributed by atoms with E-state index in [0.29, 0.717) is 16.7 Å². The van der Waals surface area contributed by atoms with Crippen molar-refractivity contribution in [2.24, 2.45) is 0 Å². The Morgan fingerprint density at radius 1 is 1.28 bits per heavy atom. The Morgan fingerprint density at radius 2 is 1.97 bits per heavy atom. The van der Waals surface area contributed by atoms with Crippen LogP contribution in [0.5, 0.6) is 0 Å². The average Bonchev–Trinajstić information content (AvgIpc) is 3.05. The van der Waals surface area contributed by atoms with Gasteiger partial charge >= 0.3 is 5.97 Å². The van der Waals surface area contributed by atoms with E-state index in [1.807, 2.05) is 37.3 Å². The van der Waals surface area contributed by atoms with Crippen LogP contribution in [0, 0.1) is 6.92 Å². The number of carbonyl (C=O) groups is 1. The van der Waals surface area contributed by atoms with E-state index in [1.165, 1.54) is 24.9 Å². The van der Waals surface area contributed by atoms with Crippen LogP contribution >= 0.6 is 23.6 Å². The Morgan fingerprint density at radius 3 is 2.59 bits per heavy atom. The minimum absolute atomic E-state index is 0.355. The van der Waals surface area contributed by atoms with Crippen LogP contribution < -0.4 is 10.6 Å². The van der Waals surface area contributed by atoms with Gasteiger partial charge in [-0.25, -0.2) is 4.79 Å². The minimum Gasteiger partial charge on any atom is -0.465 e. The van der Waals surface area contributed by atoms with E-state index in [9.17, 15) is 4.79 Å². The second-order valence-corrected chi connectivity index (χ2v) is 8.94. The van der Waals surface area contributed by atoms with E-state index in [1.54, 1.807) is 0 Å². The molecule has 5 nitrogen and oxygen atoms in total. The van der Waals surface area contributed by atoms with Crippen molar-refractivity contribution < 1.29 is 9.53 Å². The highest BCUT2D eigenvalue weighted by Gasteiger charge is 2.25. The number of hydrogen-bond donors (Lipinski definition) is 2. The maximum absolute atomic E-state index is 12.6. The molecule has 1 aliphatic rings. The van der Waals surface area contributed by atoms with Crippen molar-refractivity contribution in [1.29, 1.82) is 0 Å². The van der Waals surface area contributed by atoms with Gasteiger partial charge in [-0.15, -0.1) is 11.3 Å². The number of benzene rings is 1. The number of thiophene rings is 1. The van der Waals surface area contributed by atoms with Crippen molar-refractivity contribution in [3.05, 3.63) is 40.8 Å². The Hall–Kier alpha value is -1.96. The fourth-order valence-corrected chi connectivity index (χ4v) is 5.23. The molecule has 1 aromatic heterocycles. The number of anilines is 1. The van der Waals surface area contributed by atoms with Crippen LogP contribution in [0.15, 0.2) is 30.3 Å². The third-order valence-electron chi connectivity index (χ3n) is 5.23. The molecule has 1 saturated heterocycles. The fourth-order valence-electron chi connectivity index (χ4n) is 3.82. The van der Waals surface area contributed by atoms with Crippen LogP contribution in [0.1, 0.15) is 41.4 Å². The van der Waals surface area contributed by atoms with Gasteiger partial charge in [0.2, 0.25) is 0 Å². The molecule has 0 amide bonds. The molecular weight excluding hydrogens is 402 g/mol. The average molecular weight is 432 g/mol. The number of likely N-dealkylation sites (tertiary alicyclic amines) is 1. The molecule has 2 heterocycles. The zero-order valence-corrected chi connectivity index (χ0v) is 18.9. The summed E-state index contributed by atoms with van der Waals surface area (Å²) in [5, 5.41) is 7.99. The standard InChI is InChI=1S/C22H29N3O2S2/c1-4-12-25-13-10-17(11-14-25)23-22(28)24-20-19(21(26)27-3)18(15(2)29-20)16-8-6-5-7-9-16/h5-9,17H,4,10-14H2,1-3H3,(H2,23,24,28). The predicted octanol–water partition coefficient (Wildman–Crippen LogP) is 4.67. The summed E-state index contributed by atoms with van der Waals surface area (Å²) in [6.07, 6.45) is 3.34. The molecule has 0 aliphatic carbocycles. The first-order valence-corrected chi connectivity index (χ1v) is 11.3. The lowest BCUT2D eigenvalue weighted by Crippen LogP contribution is -2.46. The van der Waals surface area contributed by atoms with Gasteiger partial charge in [0.1, 0.15) is 10.6 Å². The molecule has 0 unspecified atom stereocenters. The number of piperidine rings is 1. The normalized spacial score (nSPS) is 15.1. The van der Waals surface area contributed by atoms with Gasteiger partial charge in [-0.2, -0.15) is 0 Å². The van der Waals surface area contributed by atoms with Gasteiger partial charge in [0, 0.05) is 29.6 Å². The minimum atomic E-state index is -0.355. The number of nitrogens with zero attached hydrogens (tertiary/aromatic N) is 1. The first-order chi connectivity index (χ1) is 14.0. The van der Waals surface area contributed by atoms with Crippen molar-refractivity contribution in [2.75, 3.05) is 32.1 Å². The van der Waals surface area contributed by atoms with Crippen LogP contribution in [0.3, 0.4) is 0 Å². The van der Waals surface area contributed by atoms with Crippen LogP contribution in [-0.4, -0.2) is 48.8 Å². The largest absolute Gasteiger partial charge is 0.465 e. The first-order valence-electron chi connectivity index (χ1n) is 10.1. The van der Waals surface area contributed by atoms with Gasteiger partial charge in [0.15, 0.2) is 5.11 Å². The van der Waals surface area contributed by atoms with Crippen molar-refractivity contribution in [1.82, 2.24) is 10.2 Å². The summed E-state index contributed by atoms with van der Waals surface area (Å²) < 4.78 is 5.08. The third kappa shape index (κ3) is 5.35. The SMILES string of the molecule is CCCN1CCC(NC(=S)Nc2sc(C)c(-c3ccccc3)c2C(=O)OC)CC1. The summed E-state index contributed by atoms with van der Waals surface area (Å²) in [4.78, 5) is 16.1. The number of aryl methyl sites for hydroxylation is 1. The first kappa shape index (κ1) is 21.7. The van der Waals surface area contributed by atoms with Crippen molar-refractivity contribution in [3.63, 3.8) is 0 Å². The Balaban J connectivity index is 1.74. The van der Waals surface area contributed by atoms with E-state index in [4.69, 9.17) is 17.0 Å². The quantitative estimate of drug-likeness (QED) is 0.512. The van der Waals surface area contributed by atoms with E-state index < -0.39 is 0 Å². The summed E-state index contributed by atoms with van der Waals surface area (Å²) in [6.45, 7) is 7.59. The van der Waals surface area contributed by atoms with Crippen LogP contribution in [-0.2, 0) is 4.74 Å². The second-order valence-electron chi connectivity index (χ2n) is 7.31. The highest BCUT2D eigenvalue weighted by Crippen LogP contribution is 2.40. The van der Waals surface area contributed by atoms with E-state index >= 15 is 0 Å². The lowest BCUT2D eigenvalue weighted by Gasteiger charge is -2.32. The highest BCUT2D eigenvalue weighted by molar-refractivity contribution is 7.80. The molecule has 156 valence electrons. The molecule has 2 N–H and O–H groups in total. The number of methoxy groups -OCH3 is 1. The maximum atomic E-state index is 12.6. The molecule has 2 aromatic rings. The zero-order chi connectivity index (χ0) is 20.8. The number of carbonyl (C=O) groups excluding carboxylic acids is 1. The summed E-state index contributed by atoms with van der Waals surface area (Å²) >= 11 is 7.10. The smallest absolute Gasteiger partial charge is 0.341 e. The number of rotatable bonds is 6. The van der Waals surface area contributed by atoms with E-state index in [0.717, 1.165) is 53.5 Å². The number of esters is 1. The highest BCUT2D eigenvalue weighted by atomic mass is 32.1. The monoisotopic (exact) mass is 431 g/mol. The number of hydrogen-bond acceptors (Lipinski definition) is 5. The second kappa shape index (κ2) is 10.2. The molecule has 1 fully saturated rings. The zero-order valence-electron chi connectivity index (χ0n) is 17.3. The predicted molar refractivity (Wildman–Crippen MR) is 125 cm³/mol. The topological polar surface area (TPSA) is 53.6 Å². The number of ether oxygens (including phenoxy) is 1. The van der Waals surface area contributed by atoms with Crippen molar-refractivity contribution in [2.45, 2.75) is 39.2 Å².